The van der Waals surface area contributed by atoms with Crippen LogP contribution in [0.3, 0.4) is 0 Å². The molecule has 1 N–H and O–H groups in total. The molecule has 1 aromatic heterocycles. The maximum absolute atomic E-state index is 12.4. The molecule has 2 aromatic carbocycles. The Balaban J connectivity index is 1.58. The van der Waals surface area contributed by atoms with Crippen molar-refractivity contribution in [3.8, 4) is 11.1 Å². The minimum absolute atomic E-state index is 0.0837. The summed E-state index contributed by atoms with van der Waals surface area (Å²) >= 11 is 2.85. The van der Waals surface area contributed by atoms with E-state index in [0.29, 0.717) is 17.9 Å². The van der Waals surface area contributed by atoms with Crippen LogP contribution in [0.2, 0.25) is 0 Å². The lowest BCUT2D eigenvalue weighted by Gasteiger charge is -2.03. The molecular weight excluding hydrogens is 350 g/mol. The van der Waals surface area contributed by atoms with Gasteiger partial charge in [0.25, 0.3) is 0 Å². The Morgan fingerprint density at radius 3 is 2.52 bits per heavy atom. The minimum Gasteiger partial charge on any atom is -0.357 e. The van der Waals surface area contributed by atoms with E-state index in [-0.39, 0.29) is 5.78 Å². The molecule has 0 aliphatic carbocycles. The van der Waals surface area contributed by atoms with Crippen molar-refractivity contribution in [1.82, 2.24) is 10.2 Å². The van der Waals surface area contributed by atoms with E-state index < -0.39 is 0 Å². The molecule has 126 valence electrons. The molecule has 0 fully saturated rings. The summed E-state index contributed by atoms with van der Waals surface area (Å²) in [5, 5.41) is 11.9. The van der Waals surface area contributed by atoms with Crippen LogP contribution < -0.4 is 5.32 Å². The quantitative estimate of drug-likeness (QED) is 0.353. The molecule has 0 spiro atoms. The average molecular weight is 367 g/mol. The number of thioether (sulfide) groups is 1. The van der Waals surface area contributed by atoms with Gasteiger partial charge in [-0.2, -0.15) is 0 Å². The standard InChI is InChI=1S/C19H17N3OS2/c1-2-12-20-18-21-22-19(25-18)24-13-17(23)16-10-8-15(9-11-16)14-6-4-3-5-7-14/h2-11H,1,12-13H2,(H,20,21). The Bertz CT molecular complexity index is 845. The van der Waals surface area contributed by atoms with Crippen molar-refractivity contribution < 1.29 is 4.79 Å². The van der Waals surface area contributed by atoms with E-state index in [4.69, 9.17) is 0 Å². The molecule has 1 heterocycles. The zero-order valence-corrected chi connectivity index (χ0v) is 15.1. The third-order valence-corrected chi connectivity index (χ3v) is 5.46. The Labute approximate surface area is 155 Å². The van der Waals surface area contributed by atoms with Crippen molar-refractivity contribution in [2.24, 2.45) is 0 Å². The smallest absolute Gasteiger partial charge is 0.206 e. The van der Waals surface area contributed by atoms with Crippen molar-refractivity contribution in [3.05, 3.63) is 72.8 Å². The number of rotatable bonds is 8. The van der Waals surface area contributed by atoms with Crippen molar-refractivity contribution in [2.75, 3.05) is 17.6 Å². The third-order valence-electron chi connectivity index (χ3n) is 3.44. The minimum atomic E-state index is 0.0837. The van der Waals surface area contributed by atoms with Crippen LogP contribution in [-0.2, 0) is 0 Å². The number of benzene rings is 2. The van der Waals surface area contributed by atoms with Crippen LogP contribution in [0.1, 0.15) is 10.4 Å². The summed E-state index contributed by atoms with van der Waals surface area (Å²) < 4.78 is 0.779. The highest BCUT2D eigenvalue weighted by Crippen LogP contribution is 2.26. The molecule has 0 unspecified atom stereocenters. The lowest BCUT2D eigenvalue weighted by molar-refractivity contribution is 0.102. The maximum Gasteiger partial charge on any atom is 0.206 e. The van der Waals surface area contributed by atoms with Gasteiger partial charge in [0.1, 0.15) is 0 Å². The second-order valence-electron chi connectivity index (χ2n) is 5.20. The third kappa shape index (κ3) is 4.78. The summed E-state index contributed by atoms with van der Waals surface area (Å²) in [5.74, 6) is 0.432. The number of hydrogen-bond donors (Lipinski definition) is 1. The molecule has 0 radical (unpaired) electrons. The summed E-state index contributed by atoms with van der Waals surface area (Å²) in [6.07, 6.45) is 1.76. The molecule has 25 heavy (non-hydrogen) atoms. The van der Waals surface area contributed by atoms with Gasteiger partial charge in [-0.05, 0) is 11.1 Å². The van der Waals surface area contributed by atoms with Gasteiger partial charge in [-0.3, -0.25) is 4.79 Å². The molecule has 0 amide bonds. The number of aromatic nitrogens is 2. The lowest BCUT2D eigenvalue weighted by Crippen LogP contribution is -2.01. The first-order valence-corrected chi connectivity index (χ1v) is 9.56. The molecule has 0 aliphatic rings. The van der Waals surface area contributed by atoms with Gasteiger partial charge in [-0.15, -0.1) is 16.8 Å². The van der Waals surface area contributed by atoms with Crippen LogP contribution in [0.25, 0.3) is 11.1 Å². The fraction of sp³-hybridized carbons (Fsp3) is 0.105. The Morgan fingerprint density at radius 2 is 1.80 bits per heavy atom. The molecule has 0 aliphatic heterocycles. The second-order valence-corrected chi connectivity index (χ2v) is 7.40. The van der Waals surface area contributed by atoms with E-state index in [2.05, 4.69) is 34.2 Å². The van der Waals surface area contributed by atoms with E-state index in [1.807, 2.05) is 42.5 Å². The predicted octanol–water partition coefficient (Wildman–Crippen LogP) is 4.78. The van der Waals surface area contributed by atoms with Crippen LogP contribution in [0, 0.1) is 0 Å². The molecule has 0 atom stereocenters. The Hall–Kier alpha value is -2.44. The molecule has 3 rings (SSSR count). The van der Waals surface area contributed by atoms with Gasteiger partial charge in [0.05, 0.1) is 5.75 Å². The predicted molar refractivity (Wildman–Crippen MR) is 106 cm³/mol. The highest BCUT2D eigenvalue weighted by Gasteiger charge is 2.10. The number of ketones is 1. The van der Waals surface area contributed by atoms with E-state index in [9.17, 15) is 4.79 Å². The first kappa shape index (κ1) is 17.4. The average Bonchev–Trinajstić information content (AvgIpc) is 3.13. The fourth-order valence-electron chi connectivity index (χ4n) is 2.19. The van der Waals surface area contributed by atoms with Crippen LogP contribution in [0.5, 0.6) is 0 Å². The second kappa shape index (κ2) is 8.60. The monoisotopic (exact) mass is 367 g/mol. The van der Waals surface area contributed by atoms with E-state index in [0.717, 1.165) is 20.6 Å². The summed E-state index contributed by atoms with van der Waals surface area (Å²) in [7, 11) is 0. The first-order valence-electron chi connectivity index (χ1n) is 7.76. The molecule has 3 aromatic rings. The van der Waals surface area contributed by atoms with Gasteiger partial charge in [-0.25, -0.2) is 0 Å². The SMILES string of the molecule is C=CCNc1nnc(SCC(=O)c2ccc(-c3ccccc3)cc2)s1. The van der Waals surface area contributed by atoms with Crippen molar-refractivity contribution >= 4 is 34.0 Å². The number of nitrogens with one attached hydrogen (secondary N) is 1. The summed E-state index contributed by atoms with van der Waals surface area (Å²) in [6, 6.07) is 17.8. The highest BCUT2D eigenvalue weighted by molar-refractivity contribution is 8.01. The maximum atomic E-state index is 12.4. The van der Waals surface area contributed by atoms with Crippen LogP contribution in [0.15, 0.2) is 71.6 Å². The normalized spacial score (nSPS) is 10.4. The van der Waals surface area contributed by atoms with Crippen LogP contribution >= 0.6 is 23.1 Å². The topological polar surface area (TPSA) is 54.9 Å². The zero-order valence-electron chi connectivity index (χ0n) is 13.5. The summed E-state index contributed by atoms with van der Waals surface area (Å²) in [4.78, 5) is 12.4. The van der Waals surface area contributed by atoms with Crippen molar-refractivity contribution in [3.63, 3.8) is 0 Å². The van der Waals surface area contributed by atoms with Crippen molar-refractivity contribution in [2.45, 2.75) is 4.34 Å². The molecule has 0 saturated carbocycles. The van der Waals surface area contributed by atoms with Gasteiger partial charge in [0.2, 0.25) is 5.13 Å². The number of Topliss-reactive ketones (excluding diaryl/α,β-unsaturated/α-hetero) is 1. The number of carbonyl (C=O) groups excluding carboxylic acids is 1. The molecule has 0 saturated heterocycles. The lowest BCUT2D eigenvalue weighted by atomic mass is 10.0. The molecule has 0 bridgehead atoms. The fourth-order valence-corrected chi connectivity index (χ4v) is 3.84. The largest absolute Gasteiger partial charge is 0.357 e. The van der Waals surface area contributed by atoms with Gasteiger partial charge in [0.15, 0.2) is 10.1 Å². The number of anilines is 1. The van der Waals surface area contributed by atoms with Gasteiger partial charge in [0, 0.05) is 12.1 Å². The summed E-state index contributed by atoms with van der Waals surface area (Å²) in [5.41, 5.74) is 2.96. The van der Waals surface area contributed by atoms with Crippen LogP contribution in [-0.4, -0.2) is 28.3 Å². The van der Waals surface area contributed by atoms with E-state index >= 15 is 0 Å². The van der Waals surface area contributed by atoms with E-state index in [1.54, 1.807) is 6.08 Å². The van der Waals surface area contributed by atoms with Crippen molar-refractivity contribution in [1.29, 1.82) is 0 Å². The molecule has 4 nitrogen and oxygen atoms in total. The van der Waals surface area contributed by atoms with Gasteiger partial charge >= 0.3 is 0 Å². The zero-order chi connectivity index (χ0) is 17.5. The molecular formula is C19H17N3OS2. The first-order chi connectivity index (χ1) is 12.3. The van der Waals surface area contributed by atoms with Crippen LogP contribution in [0.4, 0.5) is 5.13 Å². The van der Waals surface area contributed by atoms with Gasteiger partial charge in [-0.1, -0.05) is 83.8 Å². The van der Waals surface area contributed by atoms with E-state index in [1.165, 1.54) is 23.1 Å². The Kier molecular flexibility index (Phi) is 5.98. The highest BCUT2D eigenvalue weighted by atomic mass is 32.2. The number of carbonyl (C=O) groups is 1. The molecule has 6 heteroatoms. The Morgan fingerprint density at radius 1 is 1.08 bits per heavy atom. The summed E-state index contributed by atoms with van der Waals surface area (Å²) in [6.45, 7) is 4.29. The van der Waals surface area contributed by atoms with Gasteiger partial charge < -0.3 is 5.32 Å². The number of nitrogens with zero attached hydrogens (tertiary/aromatic N) is 2. The number of hydrogen-bond acceptors (Lipinski definition) is 6.